The Labute approximate surface area is 84.8 Å². The molecule has 5 nitrogen and oxygen atoms in total. The Hall–Kier alpha value is -2.30. The fraction of sp³-hybridized carbons (Fsp3) is 0. The average Bonchev–Trinajstić information content (AvgIpc) is 2.65. The molecule has 0 saturated carbocycles. The van der Waals surface area contributed by atoms with Gasteiger partial charge in [-0.25, -0.2) is 9.59 Å². The molecule has 2 amide bonds. The third-order valence-corrected chi connectivity index (χ3v) is 1.95. The molecule has 1 aromatic carbocycles. The number of benzene rings is 1. The number of nitrogens with zero attached hydrogens (tertiary/aromatic N) is 2. The lowest BCUT2D eigenvalue weighted by atomic mass is 10.0. The second-order valence-corrected chi connectivity index (χ2v) is 2.89. The summed E-state index contributed by atoms with van der Waals surface area (Å²) in [7, 11) is 0. The van der Waals surface area contributed by atoms with Crippen LogP contribution < -0.4 is 0 Å². The van der Waals surface area contributed by atoms with Crippen LogP contribution in [0.1, 0.15) is 15.9 Å². The van der Waals surface area contributed by atoms with Gasteiger partial charge in [0.2, 0.25) is 0 Å². The number of hydrogen-bond acceptors (Lipinski definition) is 2. The van der Waals surface area contributed by atoms with Crippen molar-refractivity contribution in [1.82, 2.24) is 0 Å². The zero-order chi connectivity index (χ0) is 10.8. The van der Waals surface area contributed by atoms with Gasteiger partial charge in [0.25, 0.3) is 0 Å². The number of aliphatic imine (C=N–C) groups is 2. The Kier molecular flexibility index (Phi) is 2.13. The van der Waals surface area contributed by atoms with Gasteiger partial charge >= 0.3 is 12.0 Å². The van der Waals surface area contributed by atoms with Crippen LogP contribution in [-0.2, 0) is 0 Å². The summed E-state index contributed by atoms with van der Waals surface area (Å²) in [4.78, 5) is 28.7. The quantitative estimate of drug-likeness (QED) is 0.786. The van der Waals surface area contributed by atoms with Crippen LogP contribution >= 0.6 is 0 Å². The van der Waals surface area contributed by atoms with E-state index in [-0.39, 0.29) is 11.3 Å². The van der Waals surface area contributed by atoms with Crippen LogP contribution in [0.5, 0.6) is 0 Å². The Balaban J connectivity index is 2.54. The predicted octanol–water partition coefficient (Wildman–Crippen LogP) is 1.38. The molecular weight excluding hydrogens is 196 g/mol. The van der Waals surface area contributed by atoms with Gasteiger partial charge in [-0.3, -0.25) is 0 Å². The maximum Gasteiger partial charge on any atom is 0.367 e. The standard InChI is InChI=1S/C10H6N2O3/c13-9(14)7-4-2-1-3-6(7)8-5-11-10(15)12-8/h1-5H,(H,13,14). The first-order valence-electron chi connectivity index (χ1n) is 4.18. The van der Waals surface area contributed by atoms with E-state index in [1.807, 2.05) is 0 Å². The summed E-state index contributed by atoms with van der Waals surface area (Å²) in [6.07, 6.45) is 1.27. The third-order valence-electron chi connectivity index (χ3n) is 1.95. The molecule has 5 heteroatoms. The van der Waals surface area contributed by atoms with Crippen LogP contribution in [0.3, 0.4) is 0 Å². The molecule has 1 aliphatic heterocycles. The van der Waals surface area contributed by atoms with E-state index in [0.29, 0.717) is 5.56 Å². The highest BCUT2D eigenvalue weighted by Crippen LogP contribution is 2.12. The molecule has 0 fully saturated rings. The van der Waals surface area contributed by atoms with Crippen molar-refractivity contribution in [3.63, 3.8) is 0 Å². The van der Waals surface area contributed by atoms with Crippen molar-refractivity contribution in [1.29, 1.82) is 0 Å². The van der Waals surface area contributed by atoms with Crippen molar-refractivity contribution in [2.75, 3.05) is 0 Å². The van der Waals surface area contributed by atoms with Crippen molar-refractivity contribution in [3.8, 4) is 0 Å². The second kappa shape index (κ2) is 3.45. The molecule has 2 rings (SSSR count). The number of carboxylic acids is 1. The van der Waals surface area contributed by atoms with E-state index in [2.05, 4.69) is 9.98 Å². The summed E-state index contributed by atoms with van der Waals surface area (Å²) < 4.78 is 0. The molecule has 1 N–H and O–H groups in total. The molecule has 0 radical (unpaired) electrons. The first-order valence-corrected chi connectivity index (χ1v) is 4.18. The lowest BCUT2D eigenvalue weighted by Crippen LogP contribution is -2.08. The Morgan fingerprint density at radius 3 is 2.60 bits per heavy atom. The van der Waals surface area contributed by atoms with Crippen molar-refractivity contribution in [3.05, 3.63) is 35.4 Å². The van der Waals surface area contributed by atoms with E-state index >= 15 is 0 Å². The lowest BCUT2D eigenvalue weighted by molar-refractivity contribution is 0.0696. The summed E-state index contributed by atoms with van der Waals surface area (Å²) in [5.41, 5.74) is 0.801. The molecule has 0 saturated heterocycles. The van der Waals surface area contributed by atoms with Crippen molar-refractivity contribution in [2.45, 2.75) is 0 Å². The number of carbonyl (C=O) groups excluding carboxylic acids is 1. The maximum atomic E-state index is 10.9. The SMILES string of the molecule is O=C1N=CC(c2ccccc2C(=O)O)=N1. The number of urea groups is 1. The zero-order valence-electron chi connectivity index (χ0n) is 7.54. The fourth-order valence-corrected chi connectivity index (χ4v) is 1.30. The molecule has 0 unspecified atom stereocenters. The predicted molar refractivity (Wildman–Crippen MR) is 53.8 cm³/mol. The van der Waals surface area contributed by atoms with E-state index in [1.54, 1.807) is 18.2 Å². The van der Waals surface area contributed by atoms with Gasteiger partial charge < -0.3 is 5.11 Å². The van der Waals surface area contributed by atoms with Crippen LogP contribution in [0, 0.1) is 0 Å². The minimum atomic E-state index is -1.05. The minimum absolute atomic E-state index is 0.109. The number of aromatic carboxylic acids is 1. The van der Waals surface area contributed by atoms with Gasteiger partial charge in [0.05, 0.1) is 17.5 Å². The number of carbonyl (C=O) groups is 2. The van der Waals surface area contributed by atoms with Gasteiger partial charge in [-0.15, -0.1) is 0 Å². The smallest absolute Gasteiger partial charge is 0.367 e. The summed E-state index contributed by atoms with van der Waals surface area (Å²) in [6.45, 7) is 0. The molecule has 0 aliphatic carbocycles. The van der Waals surface area contributed by atoms with E-state index in [9.17, 15) is 9.59 Å². The van der Waals surface area contributed by atoms with Gasteiger partial charge in [0.15, 0.2) is 0 Å². The molecule has 0 atom stereocenters. The van der Waals surface area contributed by atoms with Gasteiger partial charge in [0, 0.05) is 5.56 Å². The Bertz CT molecular complexity index is 503. The highest BCUT2D eigenvalue weighted by atomic mass is 16.4. The van der Waals surface area contributed by atoms with Crippen LogP contribution in [0.15, 0.2) is 34.3 Å². The summed E-state index contributed by atoms with van der Waals surface area (Å²) >= 11 is 0. The zero-order valence-corrected chi connectivity index (χ0v) is 7.54. The molecular formula is C10H6N2O3. The number of amides is 2. The van der Waals surface area contributed by atoms with E-state index in [1.165, 1.54) is 12.3 Å². The highest BCUT2D eigenvalue weighted by Gasteiger charge is 2.16. The molecule has 0 spiro atoms. The highest BCUT2D eigenvalue weighted by molar-refractivity contribution is 6.44. The van der Waals surface area contributed by atoms with Crippen LogP contribution in [-0.4, -0.2) is 29.0 Å². The van der Waals surface area contributed by atoms with Gasteiger partial charge in [-0.2, -0.15) is 9.98 Å². The molecule has 0 aromatic heterocycles. The number of carboxylic acid groups (broad SMARTS) is 1. The average molecular weight is 202 g/mol. The minimum Gasteiger partial charge on any atom is -0.478 e. The van der Waals surface area contributed by atoms with Crippen LogP contribution in [0.25, 0.3) is 0 Å². The fourth-order valence-electron chi connectivity index (χ4n) is 1.30. The summed E-state index contributed by atoms with van der Waals surface area (Å²) in [5, 5.41) is 8.91. The van der Waals surface area contributed by atoms with Crippen molar-refractivity contribution in [2.24, 2.45) is 9.98 Å². The monoisotopic (exact) mass is 202 g/mol. The Morgan fingerprint density at radius 2 is 2.00 bits per heavy atom. The first kappa shape index (κ1) is 9.26. The van der Waals surface area contributed by atoms with Gasteiger partial charge in [-0.1, -0.05) is 18.2 Å². The summed E-state index contributed by atoms with van der Waals surface area (Å²) in [5.74, 6) is -1.05. The lowest BCUT2D eigenvalue weighted by Gasteiger charge is -2.01. The van der Waals surface area contributed by atoms with Gasteiger partial charge in [-0.05, 0) is 6.07 Å². The van der Waals surface area contributed by atoms with Crippen LogP contribution in [0.4, 0.5) is 4.79 Å². The summed E-state index contributed by atoms with van der Waals surface area (Å²) in [6, 6.07) is 5.73. The number of hydrogen-bond donors (Lipinski definition) is 1. The largest absolute Gasteiger partial charge is 0.478 e. The Morgan fingerprint density at radius 1 is 1.27 bits per heavy atom. The molecule has 1 heterocycles. The first-order chi connectivity index (χ1) is 7.18. The van der Waals surface area contributed by atoms with Crippen LogP contribution in [0.2, 0.25) is 0 Å². The topological polar surface area (TPSA) is 79.1 Å². The van der Waals surface area contributed by atoms with Crippen molar-refractivity contribution < 1.29 is 14.7 Å². The van der Waals surface area contributed by atoms with E-state index in [0.717, 1.165) is 0 Å². The molecule has 1 aliphatic rings. The van der Waals surface area contributed by atoms with E-state index < -0.39 is 12.0 Å². The van der Waals surface area contributed by atoms with E-state index in [4.69, 9.17) is 5.11 Å². The normalized spacial score (nSPS) is 14.1. The molecule has 15 heavy (non-hydrogen) atoms. The third kappa shape index (κ3) is 1.67. The second-order valence-electron chi connectivity index (χ2n) is 2.89. The van der Waals surface area contributed by atoms with Crippen molar-refractivity contribution >= 4 is 23.9 Å². The molecule has 74 valence electrons. The number of rotatable bonds is 2. The maximum absolute atomic E-state index is 10.9. The molecule has 1 aromatic rings. The molecule has 0 bridgehead atoms. The van der Waals surface area contributed by atoms with Gasteiger partial charge in [0.1, 0.15) is 0 Å².